The van der Waals surface area contributed by atoms with Gasteiger partial charge in [0.15, 0.2) is 0 Å². The fourth-order valence-corrected chi connectivity index (χ4v) is 9.62. The van der Waals surface area contributed by atoms with Crippen LogP contribution in [0.25, 0.3) is 22.0 Å². The van der Waals surface area contributed by atoms with E-state index in [1.807, 2.05) is 0 Å². The number of nitrogens with zero attached hydrogens (tertiary/aromatic N) is 2. The van der Waals surface area contributed by atoms with Gasteiger partial charge in [0.1, 0.15) is 5.60 Å². The first-order valence-electron chi connectivity index (χ1n) is 16.5. The van der Waals surface area contributed by atoms with Crippen LogP contribution in [0.1, 0.15) is 31.2 Å². The highest BCUT2D eigenvalue weighted by atomic mass is 16.5. The van der Waals surface area contributed by atoms with Gasteiger partial charge in [-0.2, -0.15) is 0 Å². The van der Waals surface area contributed by atoms with Crippen molar-refractivity contribution < 1.29 is 9.47 Å². The number of hydrogen-bond donors (Lipinski definition) is 0. The van der Waals surface area contributed by atoms with E-state index in [9.17, 15) is 0 Å². The van der Waals surface area contributed by atoms with Crippen LogP contribution in [0.2, 0.25) is 0 Å². The maximum absolute atomic E-state index is 7.47. The highest BCUT2D eigenvalue weighted by Crippen LogP contribution is 2.75. The van der Waals surface area contributed by atoms with Crippen molar-refractivity contribution in [2.75, 3.05) is 27.4 Å². The first-order valence-corrected chi connectivity index (χ1v) is 16.5. The summed E-state index contributed by atoms with van der Waals surface area (Å²) in [5.41, 5.74) is 6.79. The van der Waals surface area contributed by atoms with E-state index < -0.39 is 5.60 Å². The number of ether oxygens (including phenoxy) is 2. The molecule has 2 heterocycles. The van der Waals surface area contributed by atoms with Crippen LogP contribution in [-0.2, 0) is 4.74 Å². The van der Waals surface area contributed by atoms with Gasteiger partial charge in [-0.3, -0.25) is 4.90 Å². The minimum Gasteiger partial charge on any atom is -0.481 e. The molecule has 1 aliphatic heterocycles. The molecule has 5 aliphatic carbocycles. The zero-order valence-electron chi connectivity index (χ0n) is 26.3. The third kappa shape index (κ3) is 3.82. The molecule has 5 unspecified atom stereocenters. The second kappa shape index (κ2) is 9.75. The smallest absolute Gasteiger partial charge is 0.217 e. The number of fused-ring (bicyclic) bond motifs is 2. The number of benzene rings is 2. The maximum atomic E-state index is 7.47. The molecule has 0 bridgehead atoms. The first kappa shape index (κ1) is 27.3. The number of methoxy groups -OCH3 is 1. The van der Waals surface area contributed by atoms with Gasteiger partial charge in [0, 0.05) is 40.2 Å². The zero-order valence-corrected chi connectivity index (χ0v) is 26.3. The third-order valence-corrected chi connectivity index (χ3v) is 11.8. The van der Waals surface area contributed by atoms with Gasteiger partial charge in [-0.1, -0.05) is 104 Å². The van der Waals surface area contributed by atoms with Gasteiger partial charge in [-0.25, -0.2) is 4.98 Å². The van der Waals surface area contributed by atoms with E-state index >= 15 is 0 Å². The molecular weight excluding hydrogens is 552 g/mol. The molecular formula is C41H40N2O2. The predicted molar refractivity (Wildman–Crippen MR) is 181 cm³/mol. The molecule has 0 N–H and O–H groups in total. The summed E-state index contributed by atoms with van der Waals surface area (Å²) < 4.78 is 13.7. The lowest BCUT2D eigenvalue weighted by atomic mass is 9.57. The van der Waals surface area contributed by atoms with Gasteiger partial charge < -0.3 is 9.47 Å². The molecule has 3 aromatic rings. The summed E-state index contributed by atoms with van der Waals surface area (Å²) in [7, 11) is 3.96. The van der Waals surface area contributed by atoms with E-state index in [1.165, 1.54) is 22.3 Å². The average Bonchev–Trinajstić information content (AvgIpc) is 3.99. The molecule has 2 saturated carbocycles. The van der Waals surface area contributed by atoms with E-state index in [1.54, 1.807) is 7.11 Å². The van der Waals surface area contributed by atoms with Crippen LogP contribution < -0.4 is 4.74 Å². The lowest BCUT2D eigenvalue weighted by Gasteiger charge is -2.56. The van der Waals surface area contributed by atoms with Crippen molar-refractivity contribution in [1.82, 2.24) is 9.88 Å². The van der Waals surface area contributed by atoms with Crippen molar-refractivity contribution in [3.63, 3.8) is 0 Å². The number of allylic oxidation sites excluding steroid dienone is 11. The van der Waals surface area contributed by atoms with E-state index in [4.69, 9.17) is 14.5 Å². The first-order chi connectivity index (χ1) is 22.0. The topological polar surface area (TPSA) is 34.6 Å². The molecule has 9 rings (SSSR count). The van der Waals surface area contributed by atoms with Crippen LogP contribution in [0.15, 0.2) is 127 Å². The van der Waals surface area contributed by atoms with Crippen LogP contribution in [0, 0.1) is 28.6 Å². The van der Waals surface area contributed by atoms with Crippen molar-refractivity contribution in [3.05, 3.63) is 132 Å². The van der Waals surface area contributed by atoms with Crippen molar-refractivity contribution in [2.45, 2.75) is 31.3 Å². The summed E-state index contributed by atoms with van der Waals surface area (Å²) in [6.07, 6.45) is 25.7. The van der Waals surface area contributed by atoms with Crippen LogP contribution in [0.3, 0.4) is 0 Å². The normalized spacial score (nSPS) is 34.8. The molecule has 3 fully saturated rings. The van der Waals surface area contributed by atoms with Gasteiger partial charge >= 0.3 is 0 Å². The van der Waals surface area contributed by atoms with Gasteiger partial charge in [-0.15, -0.1) is 0 Å². The molecule has 6 aliphatic rings. The molecule has 2 aromatic carbocycles. The fourth-order valence-electron chi connectivity index (χ4n) is 9.62. The summed E-state index contributed by atoms with van der Waals surface area (Å²) in [6, 6.07) is 19.6. The fraction of sp³-hybridized carbons (Fsp3) is 0.341. The SMILES string of the molecule is COc1nc2ccc(-c3ccccc3)cc2cc1[C@@H](C12C=CC=CC1C2)[C@@]1(C2=CC=CC3=CC=CC4CC324)OCN(C)CC1C. The van der Waals surface area contributed by atoms with Gasteiger partial charge in [0.05, 0.1) is 19.4 Å². The third-order valence-electron chi connectivity index (χ3n) is 11.8. The minimum atomic E-state index is -0.541. The van der Waals surface area contributed by atoms with Crippen molar-refractivity contribution in [2.24, 2.45) is 28.6 Å². The highest BCUT2D eigenvalue weighted by molar-refractivity contribution is 5.86. The molecule has 0 amide bonds. The van der Waals surface area contributed by atoms with Crippen molar-refractivity contribution in [3.8, 4) is 17.0 Å². The standard InChI is InChI=1S/C41H40N2O2/c1-27-25-43(2)26-45-41(27,36-17-10-15-31-14-9-16-33-24-40(31,33)36)37(39-20-8-7-13-32(39)23-39)34-22-30-21-29(28-11-5-4-6-12-28)18-19-35(30)42-38(34)44-3/h4-22,27,32-33,37H,23-26H2,1-3H3/t27?,32?,33?,37-,39?,40?,41+/m0/s1. The summed E-state index contributed by atoms with van der Waals surface area (Å²) in [6.45, 7) is 3.98. The summed E-state index contributed by atoms with van der Waals surface area (Å²) >= 11 is 0. The summed E-state index contributed by atoms with van der Waals surface area (Å²) in [4.78, 5) is 7.56. The lowest BCUT2D eigenvalue weighted by Crippen LogP contribution is -2.59. The Morgan fingerprint density at radius 2 is 1.80 bits per heavy atom. The second-order valence-electron chi connectivity index (χ2n) is 14.2. The summed E-state index contributed by atoms with van der Waals surface area (Å²) in [5, 5.41) is 1.14. The van der Waals surface area contributed by atoms with E-state index in [2.05, 4.69) is 134 Å². The van der Waals surface area contributed by atoms with Gasteiger partial charge in [0.25, 0.3) is 0 Å². The van der Waals surface area contributed by atoms with E-state index in [0.717, 1.165) is 35.9 Å². The molecule has 4 nitrogen and oxygen atoms in total. The molecule has 226 valence electrons. The predicted octanol–water partition coefficient (Wildman–Crippen LogP) is 8.42. The number of hydrogen-bond acceptors (Lipinski definition) is 4. The van der Waals surface area contributed by atoms with Gasteiger partial charge in [-0.05, 0) is 72.2 Å². The van der Waals surface area contributed by atoms with E-state index in [-0.39, 0.29) is 22.7 Å². The Morgan fingerprint density at radius 3 is 2.62 bits per heavy atom. The largest absolute Gasteiger partial charge is 0.481 e. The molecule has 45 heavy (non-hydrogen) atoms. The van der Waals surface area contributed by atoms with Crippen LogP contribution in [0.5, 0.6) is 5.88 Å². The molecule has 7 atom stereocenters. The molecule has 1 spiro atoms. The molecule has 4 heteroatoms. The highest BCUT2D eigenvalue weighted by Gasteiger charge is 2.72. The van der Waals surface area contributed by atoms with Crippen LogP contribution >= 0.6 is 0 Å². The van der Waals surface area contributed by atoms with Crippen molar-refractivity contribution >= 4 is 10.9 Å². The maximum Gasteiger partial charge on any atom is 0.217 e. The molecule has 1 aromatic heterocycles. The molecule has 1 saturated heterocycles. The quantitative estimate of drug-likeness (QED) is 0.288. The molecule has 0 radical (unpaired) electrons. The Bertz CT molecular complexity index is 1900. The number of pyridine rings is 1. The van der Waals surface area contributed by atoms with Gasteiger partial charge in [0.2, 0.25) is 5.88 Å². The van der Waals surface area contributed by atoms with Crippen molar-refractivity contribution in [1.29, 1.82) is 0 Å². The monoisotopic (exact) mass is 592 g/mol. The Labute approximate surface area is 266 Å². The lowest BCUT2D eigenvalue weighted by molar-refractivity contribution is -0.167. The Morgan fingerprint density at radius 1 is 0.933 bits per heavy atom. The summed E-state index contributed by atoms with van der Waals surface area (Å²) in [5.74, 6) is 1.96. The number of aromatic nitrogens is 1. The Balaban J connectivity index is 1.30. The van der Waals surface area contributed by atoms with Crippen LogP contribution in [-0.4, -0.2) is 42.9 Å². The van der Waals surface area contributed by atoms with E-state index in [0.29, 0.717) is 24.4 Å². The minimum absolute atomic E-state index is 0.000834. The Kier molecular flexibility index (Phi) is 5.92. The second-order valence-corrected chi connectivity index (χ2v) is 14.2. The number of rotatable bonds is 6. The van der Waals surface area contributed by atoms with Crippen LogP contribution in [0.4, 0.5) is 0 Å². The average molecular weight is 593 g/mol. The Hall–Kier alpha value is -3.99. The zero-order chi connectivity index (χ0) is 30.4.